The van der Waals surface area contributed by atoms with E-state index in [0.717, 1.165) is 29.2 Å². The second-order valence-electron chi connectivity index (χ2n) is 5.58. The summed E-state index contributed by atoms with van der Waals surface area (Å²) >= 11 is 0. The summed E-state index contributed by atoms with van der Waals surface area (Å²) in [5.41, 5.74) is 8.48. The van der Waals surface area contributed by atoms with Crippen LogP contribution in [0.2, 0.25) is 0 Å². The number of benzene rings is 1. The van der Waals surface area contributed by atoms with E-state index in [2.05, 4.69) is 20.4 Å². The lowest BCUT2D eigenvalue weighted by Gasteiger charge is -2.11. The summed E-state index contributed by atoms with van der Waals surface area (Å²) in [4.78, 5) is 8.60. The van der Waals surface area contributed by atoms with Gasteiger partial charge in [0.05, 0.1) is 31.6 Å². The van der Waals surface area contributed by atoms with Crippen LogP contribution < -0.4 is 20.5 Å². The minimum absolute atomic E-state index is 0.312. The molecule has 8 nitrogen and oxygen atoms in total. The fourth-order valence-electron chi connectivity index (χ4n) is 2.60. The third-order valence-corrected chi connectivity index (χ3v) is 3.80. The quantitative estimate of drug-likeness (QED) is 0.558. The number of hydrogen-bond acceptors (Lipinski definition) is 5. The number of ether oxygens (including phenoxy) is 2. The molecule has 3 N–H and O–H groups in total. The summed E-state index contributed by atoms with van der Waals surface area (Å²) in [6.45, 7) is 1.70. The first-order valence-electron chi connectivity index (χ1n) is 8.04. The Bertz CT molecular complexity index is 920. The van der Waals surface area contributed by atoms with Crippen LogP contribution in [-0.4, -0.2) is 33.8 Å². The predicted molar refractivity (Wildman–Crippen MR) is 94.0 cm³/mol. The Labute approximate surface area is 144 Å². The number of rotatable bonds is 3. The Kier molecular flexibility index (Phi) is 4.07. The number of nitrogens with two attached hydrogens (primary N) is 1. The Morgan fingerprint density at radius 1 is 1.16 bits per heavy atom. The van der Waals surface area contributed by atoms with E-state index in [4.69, 9.17) is 15.2 Å². The van der Waals surface area contributed by atoms with Crippen LogP contribution in [0.3, 0.4) is 0 Å². The molecule has 2 aromatic heterocycles. The average Bonchev–Trinajstić information content (AvgIpc) is 2.99. The maximum atomic E-state index is 6.00. The van der Waals surface area contributed by atoms with Gasteiger partial charge in [-0.2, -0.15) is 5.10 Å². The number of fused-ring (bicyclic) bond motifs is 2. The van der Waals surface area contributed by atoms with E-state index in [9.17, 15) is 0 Å². The van der Waals surface area contributed by atoms with Crippen LogP contribution in [0.25, 0.3) is 5.65 Å². The number of aliphatic imine (C=N–C) groups is 1. The van der Waals surface area contributed by atoms with Crippen molar-refractivity contribution in [1.82, 2.24) is 14.6 Å². The number of hydrogen-bond donors (Lipinski definition) is 2. The highest BCUT2D eigenvalue weighted by atomic mass is 16.5. The van der Waals surface area contributed by atoms with E-state index < -0.39 is 0 Å². The van der Waals surface area contributed by atoms with Crippen LogP contribution in [0.1, 0.15) is 12.1 Å². The van der Waals surface area contributed by atoms with Crippen molar-refractivity contribution in [2.45, 2.75) is 13.0 Å². The minimum atomic E-state index is 0.312. The molecule has 4 rings (SSSR count). The molecule has 1 aliphatic rings. The molecule has 25 heavy (non-hydrogen) atoms. The van der Waals surface area contributed by atoms with Gasteiger partial charge in [0.15, 0.2) is 23.1 Å². The zero-order chi connectivity index (χ0) is 17.1. The van der Waals surface area contributed by atoms with Gasteiger partial charge in [-0.15, -0.1) is 0 Å². The summed E-state index contributed by atoms with van der Waals surface area (Å²) in [7, 11) is 0. The lowest BCUT2D eigenvalue weighted by atomic mass is 10.3. The maximum absolute atomic E-state index is 6.00. The number of nitrogens with zero attached hydrogens (tertiary/aromatic N) is 4. The average molecular weight is 338 g/mol. The van der Waals surface area contributed by atoms with Crippen molar-refractivity contribution in [3.63, 3.8) is 0 Å². The van der Waals surface area contributed by atoms with Crippen LogP contribution in [0.4, 0.5) is 5.69 Å². The second kappa shape index (κ2) is 6.68. The van der Waals surface area contributed by atoms with Gasteiger partial charge in [0.2, 0.25) is 0 Å². The number of anilines is 1. The first-order valence-corrected chi connectivity index (χ1v) is 8.04. The molecule has 0 aliphatic carbocycles. The lowest BCUT2D eigenvalue weighted by molar-refractivity contribution is 0.297. The number of aromatic nitrogens is 3. The molecule has 3 aromatic rings. The van der Waals surface area contributed by atoms with Crippen molar-refractivity contribution >= 4 is 17.3 Å². The van der Waals surface area contributed by atoms with Gasteiger partial charge in [-0.1, -0.05) is 0 Å². The van der Waals surface area contributed by atoms with Gasteiger partial charge < -0.3 is 20.5 Å². The zero-order valence-electron chi connectivity index (χ0n) is 13.6. The minimum Gasteiger partial charge on any atom is -0.490 e. The first-order chi connectivity index (χ1) is 12.3. The molecule has 0 saturated heterocycles. The largest absolute Gasteiger partial charge is 0.490 e. The Balaban J connectivity index is 1.48. The summed E-state index contributed by atoms with van der Waals surface area (Å²) in [6.07, 6.45) is 4.30. The standard InChI is InChI=1S/C17H18N6O2/c18-17(20-11-13-4-6-19-16-5-7-21-23(13)16)22-12-2-3-14-15(10-12)25-9-1-8-24-14/h2-7,10H,1,8-9,11H2,(H3,18,20,22). The molecule has 1 aromatic carbocycles. The molecule has 0 radical (unpaired) electrons. The van der Waals surface area contributed by atoms with Crippen LogP contribution in [0, 0.1) is 0 Å². The van der Waals surface area contributed by atoms with Gasteiger partial charge in [-0.05, 0) is 18.2 Å². The topological polar surface area (TPSA) is 99.1 Å². The van der Waals surface area contributed by atoms with E-state index >= 15 is 0 Å². The van der Waals surface area contributed by atoms with Crippen molar-refractivity contribution in [3.8, 4) is 11.5 Å². The molecule has 8 heteroatoms. The predicted octanol–water partition coefficient (Wildman–Crippen LogP) is 1.82. The zero-order valence-corrected chi connectivity index (χ0v) is 13.6. The van der Waals surface area contributed by atoms with E-state index in [0.29, 0.717) is 31.5 Å². The fourth-order valence-corrected chi connectivity index (χ4v) is 2.60. The molecule has 1 aliphatic heterocycles. The van der Waals surface area contributed by atoms with E-state index in [1.54, 1.807) is 16.9 Å². The maximum Gasteiger partial charge on any atom is 0.193 e. The second-order valence-corrected chi connectivity index (χ2v) is 5.58. The van der Waals surface area contributed by atoms with Crippen molar-refractivity contribution in [1.29, 1.82) is 0 Å². The number of nitrogens with one attached hydrogen (secondary N) is 1. The van der Waals surface area contributed by atoms with Crippen LogP contribution in [0.15, 0.2) is 47.7 Å². The normalized spacial score (nSPS) is 14.3. The lowest BCUT2D eigenvalue weighted by Crippen LogP contribution is -2.22. The molecule has 0 spiro atoms. The molecule has 3 heterocycles. The highest BCUT2D eigenvalue weighted by molar-refractivity contribution is 5.92. The third kappa shape index (κ3) is 3.32. The van der Waals surface area contributed by atoms with E-state index in [1.807, 2.05) is 30.3 Å². The third-order valence-electron chi connectivity index (χ3n) is 3.80. The van der Waals surface area contributed by atoms with E-state index in [1.165, 1.54) is 0 Å². The van der Waals surface area contributed by atoms with Crippen LogP contribution in [-0.2, 0) is 6.54 Å². The van der Waals surface area contributed by atoms with Crippen molar-refractivity contribution in [3.05, 3.63) is 48.4 Å². The highest BCUT2D eigenvalue weighted by Gasteiger charge is 2.11. The molecule has 0 fully saturated rings. The summed E-state index contributed by atoms with van der Waals surface area (Å²) < 4.78 is 13.0. The molecular weight excluding hydrogens is 320 g/mol. The molecule has 0 saturated carbocycles. The van der Waals surface area contributed by atoms with Gasteiger partial charge in [0, 0.05) is 30.4 Å². The van der Waals surface area contributed by atoms with Gasteiger partial charge in [0.25, 0.3) is 0 Å². The smallest absolute Gasteiger partial charge is 0.193 e. The van der Waals surface area contributed by atoms with Gasteiger partial charge in [0.1, 0.15) is 0 Å². The molecule has 0 amide bonds. The van der Waals surface area contributed by atoms with Crippen molar-refractivity contribution < 1.29 is 9.47 Å². The Morgan fingerprint density at radius 3 is 2.96 bits per heavy atom. The van der Waals surface area contributed by atoms with Crippen LogP contribution >= 0.6 is 0 Å². The molecule has 0 unspecified atom stereocenters. The van der Waals surface area contributed by atoms with Crippen molar-refractivity contribution in [2.24, 2.45) is 10.7 Å². The molecule has 0 bridgehead atoms. The fraction of sp³-hybridized carbons (Fsp3) is 0.235. The highest BCUT2D eigenvalue weighted by Crippen LogP contribution is 2.32. The van der Waals surface area contributed by atoms with E-state index in [-0.39, 0.29) is 0 Å². The van der Waals surface area contributed by atoms with Gasteiger partial charge in [-0.25, -0.2) is 14.5 Å². The Hall–Kier alpha value is -3.29. The SMILES string of the molecule is NC(=NCc1ccnc2ccnn12)Nc1ccc2c(c1)OCCCO2. The molecular formula is C17H18N6O2. The Morgan fingerprint density at radius 2 is 2.04 bits per heavy atom. The van der Waals surface area contributed by atoms with Crippen molar-refractivity contribution in [2.75, 3.05) is 18.5 Å². The first kappa shape index (κ1) is 15.3. The molecule has 0 atom stereocenters. The molecule has 128 valence electrons. The van der Waals surface area contributed by atoms with Gasteiger partial charge in [-0.3, -0.25) is 0 Å². The van der Waals surface area contributed by atoms with Gasteiger partial charge >= 0.3 is 0 Å². The summed E-state index contributed by atoms with van der Waals surface area (Å²) in [5.74, 6) is 1.77. The summed E-state index contributed by atoms with van der Waals surface area (Å²) in [6, 6.07) is 9.32. The summed E-state index contributed by atoms with van der Waals surface area (Å²) in [5, 5.41) is 7.30. The number of guanidine groups is 1. The van der Waals surface area contributed by atoms with Crippen LogP contribution in [0.5, 0.6) is 11.5 Å². The monoisotopic (exact) mass is 338 g/mol.